The Morgan fingerprint density at radius 1 is 1.15 bits per heavy atom. The summed E-state index contributed by atoms with van der Waals surface area (Å²) in [6, 6.07) is 3.55. The number of aromatic nitrogens is 1. The van der Waals surface area contributed by atoms with Crippen molar-refractivity contribution >= 4 is 23.2 Å². The van der Waals surface area contributed by atoms with Gasteiger partial charge in [-0.2, -0.15) is 0 Å². The van der Waals surface area contributed by atoms with Gasteiger partial charge in [0.05, 0.1) is 17.3 Å². The highest BCUT2D eigenvalue weighted by Gasteiger charge is 2.54. The average molecular weight is 291 g/mol. The number of pyridine rings is 1. The summed E-state index contributed by atoms with van der Waals surface area (Å²) in [5, 5.41) is 3.52. The quantitative estimate of drug-likeness (QED) is 0.840. The number of nitrogens with one attached hydrogen (secondary N) is 1. The molecule has 106 valence electrons. The number of halogens is 1. The molecule has 1 amide bonds. The number of nitrogens with zero attached hydrogens (tertiary/aromatic N) is 1. The van der Waals surface area contributed by atoms with Gasteiger partial charge in [0.15, 0.2) is 0 Å². The number of carbonyl (C=O) groups excluding carboxylic acids is 1. The van der Waals surface area contributed by atoms with Gasteiger partial charge in [0.25, 0.3) is 0 Å². The molecule has 4 aliphatic rings. The van der Waals surface area contributed by atoms with E-state index in [4.69, 9.17) is 11.6 Å². The van der Waals surface area contributed by atoms with E-state index in [1.807, 2.05) is 6.07 Å². The van der Waals surface area contributed by atoms with Crippen molar-refractivity contribution in [2.24, 2.45) is 23.2 Å². The summed E-state index contributed by atoms with van der Waals surface area (Å²) in [6.45, 7) is 0. The van der Waals surface area contributed by atoms with Crippen LogP contribution in [0.1, 0.15) is 38.5 Å². The van der Waals surface area contributed by atoms with E-state index in [2.05, 4.69) is 10.3 Å². The molecule has 4 aliphatic carbocycles. The Kier molecular flexibility index (Phi) is 2.81. The van der Waals surface area contributed by atoms with Crippen LogP contribution in [0.15, 0.2) is 18.3 Å². The van der Waals surface area contributed by atoms with Gasteiger partial charge in [-0.3, -0.25) is 4.79 Å². The van der Waals surface area contributed by atoms with E-state index in [0.29, 0.717) is 5.15 Å². The van der Waals surface area contributed by atoms with Gasteiger partial charge >= 0.3 is 0 Å². The summed E-state index contributed by atoms with van der Waals surface area (Å²) < 4.78 is 0. The first-order chi connectivity index (χ1) is 9.63. The highest BCUT2D eigenvalue weighted by molar-refractivity contribution is 6.29. The number of amides is 1. The van der Waals surface area contributed by atoms with Crippen molar-refractivity contribution in [2.75, 3.05) is 5.32 Å². The molecule has 4 saturated carbocycles. The van der Waals surface area contributed by atoms with Crippen molar-refractivity contribution in [3.05, 3.63) is 23.5 Å². The van der Waals surface area contributed by atoms with Crippen LogP contribution in [0, 0.1) is 23.2 Å². The monoisotopic (exact) mass is 290 g/mol. The summed E-state index contributed by atoms with van der Waals surface area (Å²) in [7, 11) is 0. The molecule has 1 aromatic rings. The summed E-state index contributed by atoms with van der Waals surface area (Å²) in [5.74, 6) is 2.57. The van der Waals surface area contributed by atoms with Crippen LogP contribution in [0.5, 0.6) is 0 Å². The Hall–Kier alpha value is -1.09. The first-order valence-electron chi connectivity index (χ1n) is 7.56. The second-order valence-electron chi connectivity index (χ2n) is 7.02. The number of carbonyl (C=O) groups is 1. The maximum Gasteiger partial charge on any atom is 0.230 e. The maximum absolute atomic E-state index is 12.8. The minimum atomic E-state index is -0.103. The molecule has 1 heterocycles. The molecular formula is C16H19ClN2O. The third kappa shape index (κ3) is 2.03. The second kappa shape index (κ2) is 4.45. The van der Waals surface area contributed by atoms with Crippen LogP contribution in [0.2, 0.25) is 5.15 Å². The standard InChI is InChI=1S/C16H19ClN2O/c17-14-2-1-13(9-18-14)19-15(20)16-6-10-3-11(7-16)5-12(4-10)8-16/h1-2,9-12H,3-8H2,(H,19,20). The van der Waals surface area contributed by atoms with Crippen molar-refractivity contribution in [3.63, 3.8) is 0 Å². The van der Waals surface area contributed by atoms with Gasteiger partial charge in [-0.25, -0.2) is 4.98 Å². The molecule has 1 N–H and O–H groups in total. The number of hydrogen-bond donors (Lipinski definition) is 1. The first kappa shape index (κ1) is 12.6. The van der Waals surface area contributed by atoms with Crippen molar-refractivity contribution in [1.82, 2.24) is 4.98 Å². The lowest BCUT2D eigenvalue weighted by Gasteiger charge is -2.55. The number of rotatable bonds is 2. The molecule has 0 aliphatic heterocycles. The van der Waals surface area contributed by atoms with Crippen LogP contribution in [-0.2, 0) is 4.79 Å². The van der Waals surface area contributed by atoms with Crippen LogP contribution in [0.25, 0.3) is 0 Å². The molecule has 0 radical (unpaired) electrons. The Balaban J connectivity index is 1.54. The molecule has 0 unspecified atom stereocenters. The fraction of sp³-hybridized carbons (Fsp3) is 0.625. The van der Waals surface area contributed by atoms with E-state index in [1.54, 1.807) is 12.3 Å². The molecule has 0 aromatic carbocycles. The SMILES string of the molecule is O=C(Nc1ccc(Cl)nc1)C12CC3CC(CC(C3)C1)C2. The van der Waals surface area contributed by atoms with Gasteiger partial charge in [0, 0.05) is 0 Å². The second-order valence-corrected chi connectivity index (χ2v) is 7.41. The molecule has 1 aromatic heterocycles. The summed E-state index contributed by atoms with van der Waals surface area (Å²) in [4.78, 5) is 16.8. The van der Waals surface area contributed by atoms with Crippen LogP contribution in [-0.4, -0.2) is 10.9 Å². The summed E-state index contributed by atoms with van der Waals surface area (Å²) in [5.41, 5.74) is 0.657. The van der Waals surface area contributed by atoms with Gasteiger partial charge < -0.3 is 5.32 Å². The molecule has 20 heavy (non-hydrogen) atoms. The molecule has 5 rings (SSSR count). The molecule has 0 spiro atoms. The predicted octanol–water partition coefficient (Wildman–Crippen LogP) is 3.89. The Morgan fingerprint density at radius 3 is 2.25 bits per heavy atom. The van der Waals surface area contributed by atoms with E-state index < -0.39 is 0 Å². The molecule has 0 saturated heterocycles. The number of hydrogen-bond acceptors (Lipinski definition) is 2. The van der Waals surface area contributed by atoms with Crippen molar-refractivity contribution in [3.8, 4) is 0 Å². The minimum Gasteiger partial charge on any atom is -0.324 e. The Bertz CT molecular complexity index is 505. The van der Waals surface area contributed by atoms with Crippen LogP contribution >= 0.6 is 11.6 Å². The third-order valence-electron chi connectivity index (χ3n) is 5.51. The van der Waals surface area contributed by atoms with Gasteiger partial charge in [0.2, 0.25) is 5.91 Å². The van der Waals surface area contributed by atoms with E-state index >= 15 is 0 Å². The fourth-order valence-corrected chi connectivity index (χ4v) is 5.21. The highest BCUT2D eigenvalue weighted by atomic mass is 35.5. The molecule has 0 atom stereocenters. The third-order valence-corrected chi connectivity index (χ3v) is 5.73. The molecule has 4 heteroatoms. The lowest BCUT2D eigenvalue weighted by atomic mass is 9.49. The lowest BCUT2D eigenvalue weighted by Crippen LogP contribution is -2.51. The highest BCUT2D eigenvalue weighted by Crippen LogP contribution is 2.60. The van der Waals surface area contributed by atoms with Crippen molar-refractivity contribution in [1.29, 1.82) is 0 Å². The van der Waals surface area contributed by atoms with Crippen LogP contribution in [0.4, 0.5) is 5.69 Å². The van der Waals surface area contributed by atoms with Gasteiger partial charge in [-0.05, 0) is 68.4 Å². The largest absolute Gasteiger partial charge is 0.324 e. The van der Waals surface area contributed by atoms with Crippen molar-refractivity contribution in [2.45, 2.75) is 38.5 Å². The average Bonchev–Trinajstić information content (AvgIpc) is 2.40. The zero-order valence-corrected chi connectivity index (χ0v) is 12.2. The lowest BCUT2D eigenvalue weighted by molar-refractivity contribution is -0.140. The summed E-state index contributed by atoms with van der Waals surface area (Å²) >= 11 is 5.78. The Morgan fingerprint density at radius 2 is 1.75 bits per heavy atom. The zero-order valence-electron chi connectivity index (χ0n) is 11.4. The van der Waals surface area contributed by atoms with E-state index in [9.17, 15) is 4.79 Å². The van der Waals surface area contributed by atoms with Gasteiger partial charge in [-0.1, -0.05) is 11.6 Å². The maximum atomic E-state index is 12.8. The van der Waals surface area contributed by atoms with Crippen LogP contribution in [0.3, 0.4) is 0 Å². The normalized spacial score (nSPS) is 38.0. The molecule has 4 fully saturated rings. The molecule has 3 nitrogen and oxygen atoms in total. The smallest absolute Gasteiger partial charge is 0.230 e. The van der Waals surface area contributed by atoms with E-state index in [0.717, 1.165) is 42.7 Å². The predicted molar refractivity (Wildman–Crippen MR) is 78.5 cm³/mol. The van der Waals surface area contributed by atoms with Gasteiger partial charge in [-0.15, -0.1) is 0 Å². The van der Waals surface area contributed by atoms with E-state index in [-0.39, 0.29) is 11.3 Å². The van der Waals surface area contributed by atoms with Gasteiger partial charge in [0.1, 0.15) is 5.15 Å². The minimum absolute atomic E-state index is 0.103. The molecular weight excluding hydrogens is 272 g/mol. The van der Waals surface area contributed by atoms with E-state index in [1.165, 1.54) is 19.3 Å². The topological polar surface area (TPSA) is 42.0 Å². The number of anilines is 1. The summed E-state index contributed by atoms with van der Waals surface area (Å²) in [6.07, 6.45) is 8.98. The van der Waals surface area contributed by atoms with Crippen LogP contribution < -0.4 is 5.32 Å². The molecule has 4 bridgehead atoms. The fourth-order valence-electron chi connectivity index (χ4n) is 5.10. The first-order valence-corrected chi connectivity index (χ1v) is 7.94. The zero-order chi connectivity index (χ0) is 13.7. The Labute approximate surface area is 124 Å². The van der Waals surface area contributed by atoms with Crippen molar-refractivity contribution < 1.29 is 4.79 Å².